The number of halogens is 6. The number of hydrogen-bond acceptors (Lipinski definition) is 3. The number of rotatable bonds is 3. The highest BCUT2D eigenvalue weighted by atomic mass is 19.4. The number of nitrogens with one attached hydrogen (secondary N) is 2. The SMILES string of the molecule is O=C1NC(CO)C[C@@H]1c1ccc2cc(-c3c(C(F)(F)F)cccc3C(F)(F)F)[nH]c(=O)c2c1. The fourth-order valence-electron chi connectivity index (χ4n) is 4.10. The van der Waals surface area contributed by atoms with E-state index in [0.717, 1.165) is 6.07 Å². The van der Waals surface area contributed by atoms with Crippen LogP contribution in [0.4, 0.5) is 26.3 Å². The van der Waals surface area contributed by atoms with Crippen molar-refractivity contribution in [2.45, 2.75) is 30.7 Å². The second-order valence-electron chi connectivity index (χ2n) is 7.76. The number of hydrogen-bond donors (Lipinski definition) is 3. The van der Waals surface area contributed by atoms with Gasteiger partial charge in [0.25, 0.3) is 5.56 Å². The van der Waals surface area contributed by atoms with Gasteiger partial charge in [-0.05, 0) is 41.6 Å². The van der Waals surface area contributed by atoms with E-state index in [9.17, 15) is 41.0 Å². The first-order valence-corrected chi connectivity index (χ1v) is 9.76. The number of aromatic nitrogens is 1. The molecule has 1 saturated heterocycles. The van der Waals surface area contributed by atoms with Gasteiger partial charge in [-0.15, -0.1) is 0 Å². The molecule has 3 aromatic rings. The van der Waals surface area contributed by atoms with Gasteiger partial charge in [0, 0.05) is 10.9 Å². The summed E-state index contributed by atoms with van der Waals surface area (Å²) in [6.45, 7) is -0.264. The molecule has 33 heavy (non-hydrogen) atoms. The van der Waals surface area contributed by atoms with Gasteiger partial charge in [-0.3, -0.25) is 9.59 Å². The molecule has 0 radical (unpaired) electrons. The van der Waals surface area contributed by atoms with Crippen LogP contribution in [-0.4, -0.2) is 28.6 Å². The largest absolute Gasteiger partial charge is 0.417 e. The summed E-state index contributed by atoms with van der Waals surface area (Å²) < 4.78 is 81.1. The Morgan fingerprint density at radius 3 is 2.12 bits per heavy atom. The minimum atomic E-state index is -5.09. The first-order chi connectivity index (χ1) is 15.4. The van der Waals surface area contributed by atoms with Gasteiger partial charge in [-0.1, -0.05) is 18.2 Å². The van der Waals surface area contributed by atoms with Crippen molar-refractivity contribution < 1.29 is 36.2 Å². The summed E-state index contributed by atoms with van der Waals surface area (Å²) in [5.74, 6) is -0.996. The van der Waals surface area contributed by atoms with Crippen LogP contribution in [0.15, 0.2) is 47.3 Å². The van der Waals surface area contributed by atoms with Crippen LogP contribution in [0.3, 0.4) is 0 Å². The molecule has 2 heterocycles. The van der Waals surface area contributed by atoms with Crippen molar-refractivity contribution in [3.8, 4) is 11.3 Å². The first-order valence-electron chi connectivity index (χ1n) is 9.76. The topological polar surface area (TPSA) is 82.2 Å². The number of benzene rings is 2. The molecule has 1 aliphatic rings. The molecule has 11 heteroatoms. The maximum Gasteiger partial charge on any atom is 0.417 e. The Labute approximate surface area is 182 Å². The Balaban J connectivity index is 1.88. The van der Waals surface area contributed by atoms with Gasteiger partial charge in [0.2, 0.25) is 5.91 Å². The molecular formula is C22H16F6N2O3. The highest BCUT2D eigenvalue weighted by Gasteiger charge is 2.41. The highest BCUT2D eigenvalue weighted by molar-refractivity contribution is 5.90. The number of amides is 1. The summed E-state index contributed by atoms with van der Waals surface area (Å²) in [6.07, 6.45) is -9.90. The van der Waals surface area contributed by atoms with Crippen molar-refractivity contribution in [2.75, 3.05) is 6.61 Å². The van der Waals surface area contributed by atoms with E-state index in [-0.39, 0.29) is 29.7 Å². The molecule has 1 amide bonds. The fraction of sp³-hybridized carbons (Fsp3) is 0.273. The molecule has 5 nitrogen and oxygen atoms in total. The van der Waals surface area contributed by atoms with E-state index in [1.54, 1.807) is 0 Å². The van der Waals surface area contributed by atoms with Crippen LogP contribution >= 0.6 is 0 Å². The summed E-state index contributed by atoms with van der Waals surface area (Å²) in [7, 11) is 0. The van der Waals surface area contributed by atoms with E-state index in [0.29, 0.717) is 23.8 Å². The summed E-state index contributed by atoms with van der Waals surface area (Å²) in [6, 6.07) is 6.53. The van der Waals surface area contributed by atoms with Crippen LogP contribution in [0.25, 0.3) is 22.0 Å². The summed E-state index contributed by atoms with van der Waals surface area (Å²) in [4.78, 5) is 27.0. The molecule has 4 rings (SSSR count). The number of aromatic amines is 1. The van der Waals surface area contributed by atoms with Crippen LogP contribution in [0.5, 0.6) is 0 Å². The van der Waals surface area contributed by atoms with Gasteiger partial charge in [0.05, 0.1) is 35.4 Å². The van der Waals surface area contributed by atoms with E-state index < -0.39 is 52.3 Å². The van der Waals surface area contributed by atoms with E-state index in [4.69, 9.17) is 0 Å². The van der Waals surface area contributed by atoms with Gasteiger partial charge in [0.15, 0.2) is 0 Å². The van der Waals surface area contributed by atoms with Crippen molar-refractivity contribution in [1.82, 2.24) is 10.3 Å². The molecule has 1 aromatic heterocycles. The quantitative estimate of drug-likeness (QED) is 0.502. The number of H-pyrrole nitrogens is 1. The minimum Gasteiger partial charge on any atom is -0.394 e. The number of aliphatic hydroxyl groups is 1. The molecule has 0 bridgehead atoms. The maximum absolute atomic E-state index is 13.5. The highest BCUT2D eigenvalue weighted by Crippen LogP contribution is 2.44. The van der Waals surface area contributed by atoms with Crippen molar-refractivity contribution >= 4 is 16.7 Å². The zero-order chi connectivity index (χ0) is 24.1. The number of fused-ring (bicyclic) bond motifs is 1. The fourth-order valence-corrected chi connectivity index (χ4v) is 4.10. The number of pyridine rings is 1. The molecule has 1 fully saturated rings. The summed E-state index contributed by atoms with van der Waals surface area (Å²) >= 11 is 0. The molecular weight excluding hydrogens is 454 g/mol. The molecule has 2 aromatic carbocycles. The lowest BCUT2D eigenvalue weighted by Gasteiger charge is -2.19. The molecule has 1 aliphatic heterocycles. The van der Waals surface area contributed by atoms with Gasteiger partial charge >= 0.3 is 12.4 Å². The smallest absolute Gasteiger partial charge is 0.394 e. The Morgan fingerprint density at radius 2 is 1.58 bits per heavy atom. The second kappa shape index (κ2) is 7.91. The Hall–Kier alpha value is -3.34. The van der Waals surface area contributed by atoms with Crippen molar-refractivity contribution in [1.29, 1.82) is 0 Å². The van der Waals surface area contributed by atoms with Gasteiger partial charge in [-0.25, -0.2) is 0 Å². The molecule has 3 N–H and O–H groups in total. The third-order valence-electron chi connectivity index (χ3n) is 5.62. The maximum atomic E-state index is 13.5. The van der Waals surface area contributed by atoms with Crippen molar-refractivity contribution in [3.05, 3.63) is 69.5 Å². The Kier molecular flexibility index (Phi) is 5.47. The van der Waals surface area contributed by atoms with Gasteiger partial charge in [-0.2, -0.15) is 26.3 Å². The van der Waals surface area contributed by atoms with Gasteiger partial charge in [0.1, 0.15) is 0 Å². The summed E-state index contributed by atoms with van der Waals surface area (Å²) in [5.41, 5.74) is -5.29. The second-order valence-corrected chi connectivity index (χ2v) is 7.76. The van der Waals surface area contributed by atoms with E-state index >= 15 is 0 Å². The lowest BCUT2D eigenvalue weighted by atomic mass is 9.92. The average molecular weight is 470 g/mol. The lowest BCUT2D eigenvalue weighted by molar-refractivity contribution is -0.142. The van der Waals surface area contributed by atoms with Crippen LogP contribution in [0, 0.1) is 0 Å². The molecule has 0 saturated carbocycles. The third kappa shape index (κ3) is 4.20. The zero-order valence-corrected chi connectivity index (χ0v) is 16.6. The minimum absolute atomic E-state index is 0.00884. The first kappa shape index (κ1) is 22.8. The normalized spacial score (nSPS) is 19.2. The van der Waals surface area contributed by atoms with Gasteiger partial charge < -0.3 is 15.4 Å². The molecule has 0 aliphatic carbocycles. The number of alkyl halides is 6. The van der Waals surface area contributed by atoms with Crippen molar-refractivity contribution in [3.63, 3.8) is 0 Å². The Bertz CT molecular complexity index is 1260. The average Bonchev–Trinajstić information content (AvgIpc) is 3.12. The number of carbonyl (C=O) groups is 1. The van der Waals surface area contributed by atoms with E-state index in [1.165, 1.54) is 18.2 Å². The Morgan fingerprint density at radius 1 is 0.939 bits per heavy atom. The van der Waals surface area contributed by atoms with Crippen LogP contribution in [0.1, 0.15) is 29.0 Å². The zero-order valence-electron chi connectivity index (χ0n) is 16.6. The molecule has 2 atom stereocenters. The standard InChI is InChI=1S/C22H16F6N2O3/c23-21(24,25)15-2-1-3-16(22(26,27)28)18(15)17-7-11-5-4-10(6-13(11)20(33)30-17)14-8-12(9-31)29-19(14)32/h1-7,12,14,31H,8-9H2,(H,29,32)(H,30,33)/t12?,14-/m1/s1. The number of carbonyl (C=O) groups excluding carboxylic acids is 1. The summed E-state index contributed by atoms with van der Waals surface area (Å²) in [5, 5.41) is 12.0. The third-order valence-corrected chi connectivity index (χ3v) is 5.62. The van der Waals surface area contributed by atoms with Crippen LogP contribution in [-0.2, 0) is 17.1 Å². The van der Waals surface area contributed by atoms with E-state index in [1.807, 2.05) is 0 Å². The van der Waals surface area contributed by atoms with Crippen molar-refractivity contribution in [2.24, 2.45) is 0 Å². The lowest BCUT2D eigenvalue weighted by Crippen LogP contribution is -2.28. The predicted molar refractivity (Wildman–Crippen MR) is 106 cm³/mol. The number of aliphatic hydroxyl groups excluding tert-OH is 1. The molecule has 174 valence electrons. The van der Waals surface area contributed by atoms with Crippen LogP contribution < -0.4 is 10.9 Å². The van der Waals surface area contributed by atoms with E-state index in [2.05, 4.69) is 10.3 Å². The molecule has 0 spiro atoms. The monoisotopic (exact) mass is 470 g/mol. The molecule has 1 unspecified atom stereocenters. The van der Waals surface area contributed by atoms with Crippen LogP contribution in [0.2, 0.25) is 0 Å². The predicted octanol–water partition coefficient (Wildman–Crippen LogP) is 4.20.